The summed E-state index contributed by atoms with van der Waals surface area (Å²) in [6.45, 7) is 2.01. The summed E-state index contributed by atoms with van der Waals surface area (Å²) >= 11 is 0. The van der Waals surface area contributed by atoms with Gasteiger partial charge in [-0.2, -0.15) is 4.31 Å². The number of aryl methyl sites for hydroxylation is 1. The first-order chi connectivity index (χ1) is 14.5. The van der Waals surface area contributed by atoms with E-state index >= 15 is 0 Å². The molecule has 1 atom stereocenters. The molecule has 0 N–H and O–H groups in total. The molecular formula is C20H28N2O7S2. The van der Waals surface area contributed by atoms with Crippen molar-refractivity contribution in [3.05, 3.63) is 29.3 Å². The van der Waals surface area contributed by atoms with Crippen molar-refractivity contribution in [1.82, 2.24) is 9.21 Å². The molecule has 0 saturated carbocycles. The number of esters is 1. The Morgan fingerprint density at radius 3 is 2.48 bits per heavy atom. The van der Waals surface area contributed by atoms with Crippen LogP contribution < -0.4 is 0 Å². The van der Waals surface area contributed by atoms with Crippen LogP contribution in [0.5, 0.6) is 0 Å². The van der Waals surface area contributed by atoms with Gasteiger partial charge in [0.15, 0.2) is 16.4 Å². The monoisotopic (exact) mass is 472 g/mol. The summed E-state index contributed by atoms with van der Waals surface area (Å²) in [4.78, 5) is 26.2. The topological polar surface area (TPSA) is 118 Å². The second kappa shape index (κ2) is 9.25. The molecule has 11 heteroatoms. The Morgan fingerprint density at radius 2 is 1.87 bits per heavy atom. The number of sulfonamides is 1. The number of nitrogens with zero attached hydrogens (tertiary/aromatic N) is 2. The molecule has 0 aromatic heterocycles. The number of carbonyl (C=O) groups is 2. The Labute approximate surface area is 183 Å². The molecule has 0 bridgehead atoms. The van der Waals surface area contributed by atoms with E-state index in [2.05, 4.69) is 0 Å². The molecule has 0 spiro atoms. The zero-order chi connectivity index (χ0) is 22.8. The van der Waals surface area contributed by atoms with Gasteiger partial charge in [0.1, 0.15) is 0 Å². The van der Waals surface area contributed by atoms with E-state index in [-0.39, 0.29) is 22.0 Å². The Hall–Kier alpha value is -1.98. The van der Waals surface area contributed by atoms with E-state index in [4.69, 9.17) is 4.74 Å². The standard InChI is InChI=1S/C20H28N2O7S2/c1-15-6-7-17(31(27,28)22-9-4-3-5-10-22)12-18(15)20(24)29-13-19(23)21(2)16-8-11-30(25,26)14-16/h6-7,12,16H,3-5,8-11,13-14H2,1-2H3. The fourth-order valence-corrected chi connectivity index (χ4v) is 7.15. The predicted octanol–water partition coefficient (Wildman–Crippen LogP) is 0.972. The molecule has 2 fully saturated rings. The number of ether oxygens (including phenoxy) is 1. The van der Waals surface area contributed by atoms with Crippen LogP contribution in [0.15, 0.2) is 23.1 Å². The van der Waals surface area contributed by atoms with E-state index < -0.39 is 44.4 Å². The van der Waals surface area contributed by atoms with Gasteiger partial charge in [0.2, 0.25) is 10.0 Å². The van der Waals surface area contributed by atoms with Crippen molar-refractivity contribution in [2.45, 2.75) is 43.5 Å². The Bertz CT molecular complexity index is 1060. The molecule has 1 aromatic rings. The SMILES string of the molecule is Cc1ccc(S(=O)(=O)N2CCCCC2)cc1C(=O)OCC(=O)N(C)C1CCS(=O)(=O)C1. The molecule has 1 aromatic carbocycles. The van der Waals surface area contributed by atoms with Crippen molar-refractivity contribution in [3.63, 3.8) is 0 Å². The van der Waals surface area contributed by atoms with E-state index in [1.807, 2.05) is 0 Å². The van der Waals surface area contributed by atoms with E-state index in [0.29, 0.717) is 25.1 Å². The van der Waals surface area contributed by atoms with Crippen LogP contribution in [0.1, 0.15) is 41.6 Å². The van der Waals surface area contributed by atoms with Gasteiger partial charge in [-0.3, -0.25) is 4.79 Å². The highest BCUT2D eigenvalue weighted by atomic mass is 32.2. The highest BCUT2D eigenvalue weighted by Crippen LogP contribution is 2.23. The van der Waals surface area contributed by atoms with Crippen LogP contribution in [0.3, 0.4) is 0 Å². The Morgan fingerprint density at radius 1 is 1.19 bits per heavy atom. The Balaban J connectivity index is 1.67. The first kappa shape index (κ1) is 23.7. The molecule has 172 valence electrons. The summed E-state index contributed by atoms with van der Waals surface area (Å²) in [6.07, 6.45) is 2.95. The van der Waals surface area contributed by atoms with Crippen LogP contribution in [0.25, 0.3) is 0 Å². The molecule has 3 rings (SSSR count). The van der Waals surface area contributed by atoms with Crippen molar-refractivity contribution in [2.24, 2.45) is 0 Å². The van der Waals surface area contributed by atoms with Crippen molar-refractivity contribution in [3.8, 4) is 0 Å². The van der Waals surface area contributed by atoms with Crippen LogP contribution in [0, 0.1) is 6.92 Å². The number of benzene rings is 1. The average molecular weight is 473 g/mol. The molecule has 2 aliphatic rings. The summed E-state index contributed by atoms with van der Waals surface area (Å²) < 4.78 is 55.5. The highest BCUT2D eigenvalue weighted by molar-refractivity contribution is 7.91. The number of carbonyl (C=O) groups excluding carboxylic acids is 2. The number of hydrogen-bond donors (Lipinski definition) is 0. The van der Waals surface area contributed by atoms with Gasteiger partial charge in [-0.05, 0) is 43.9 Å². The smallest absolute Gasteiger partial charge is 0.338 e. The fraction of sp³-hybridized carbons (Fsp3) is 0.600. The van der Waals surface area contributed by atoms with Crippen molar-refractivity contribution < 1.29 is 31.2 Å². The number of rotatable bonds is 6. The minimum Gasteiger partial charge on any atom is -0.452 e. The van der Waals surface area contributed by atoms with Crippen LogP contribution >= 0.6 is 0 Å². The number of hydrogen-bond acceptors (Lipinski definition) is 7. The fourth-order valence-electron chi connectivity index (χ4n) is 3.83. The van der Waals surface area contributed by atoms with Gasteiger partial charge in [-0.15, -0.1) is 0 Å². The van der Waals surface area contributed by atoms with E-state index in [0.717, 1.165) is 19.3 Å². The summed E-state index contributed by atoms with van der Waals surface area (Å²) in [6, 6.07) is 3.87. The van der Waals surface area contributed by atoms with E-state index in [1.54, 1.807) is 13.0 Å². The van der Waals surface area contributed by atoms with Gasteiger partial charge in [-0.1, -0.05) is 12.5 Å². The number of sulfone groups is 1. The average Bonchev–Trinajstić information content (AvgIpc) is 3.11. The van der Waals surface area contributed by atoms with Gasteiger partial charge in [-0.25, -0.2) is 21.6 Å². The van der Waals surface area contributed by atoms with Gasteiger partial charge < -0.3 is 9.64 Å². The van der Waals surface area contributed by atoms with Crippen LogP contribution in [0.4, 0.5) is 0 Å². The number of piperidine rings is 1. The second-order valence-corrected chi connectivity index (χ2v) is 12.2. The summed E-state index contributed by atoms with van der Waals surface area (Å²) in [7, 11) is -5.37. The molecule has 1 unspecified atom stereocenters. The van der Waals surface area contributed by atoms with Crippen molar-refractivity contribution in [2.75, 3.05) is 38.2 Å². The van der Waals surface area contributed by atoms with Gasteiger partial charge in [0.05, 0.1) is 22.0 Å². The lowest BCUT2D eigenvalue weighted by molar-refractivity contribution is -0.134. The van der Waals surface area contributed by atoms with Gasteiger partial charge >= 0.3 is 5.97 Å². The minimum atomic E-state index is -3.71. The molecule has 2 saturated heterocycles. The predicted molar refractivity (Wildman–Crippen MR) is 114 cm³/mol. The maximum absolute atomic E-state index is 12.9. The first-order valence-electron chi connectivity index (χ1n) is 10.3. The molecule has 9 nitrogen and oxygen atoms in total. The summed E-state index contributed by atoms with van der Waals surface area (Å²) in [5, 5.41) is 0. The molecule has 31 heavy (non-hydrogen) atoms. The zero-order valence-electron chi connectivity index (χ0n) is 17.7. The van der Waals surface area contributed by atoms with Crippen LogP contribution in [-0.2, 0) is 29.4 Å². The molecular weight excluding hydrogens is 444 g/mol. The van der Waals surface area contributed by atoms with Crippen LogP contribution in [0.2, 0.25) is 0 Å². The maximum Gasteiger partial charge on any atom is 0.338 e. The van der Waals surface area contributed by atoms with E-state index in [1.165, 1.54) is 28.4 Å². The summed E-state index contributed by atoms with van der Waals surface area (Å²) in [5.41, 5.74) is 0.613. The number of likely N-dealkylation sites (N-methyl/N-ethyl adjacent to an activating group) is 1. The third kappa shape index (κ3) is 5.45. The lowest BCUT2D eigenvalue weighted by Crippen LogP contribution is -2.40. The molecule has 2 aliphatic heterocycles. The lowest BCUT2D eigenvalue weighted by Gasteiger charge is -2.26. The Kier molecular flexibility index (Phi) is 7.07. The normalized spacial score (nSPS) is 21.5. The molecule has 0 radical (unpaired) electrons. The largest absolute Gasteiger partial charge is 0.452 e. The lowest BCUT2D eigenvalue weighted by atomic mass is 10.1. The third-order valence-corrected chi connectivity index (χ3v) is 9.50. The molecule has 1 amide bonds. The van der Waals surface area contributed by atoms with Gasteiger partial charge in [0.25, 0.3) is 5.91 Å². The quantitative estimate of drug-likeness (QED) is 0.566. The maximum atomic E-state index is 12.9. The summed E-state index contributed by atoms with van der Waals surface area (Å²) in [5.74, 6) is -1.37. The van der Waals surface area contributed by atoms with Crippen molar-refractivity contribution >= 4 is 31.7 Å². The molecule has 0 aliphatic carbocycles. The van der Waals surface area contributed by atoms with E-state index in [9.17, 15) is 26.4 Å². The molecule has 2 heterocycles. The zero-order valence-corrected chi connectivity index (χ0v) is 19.4. The van der Waals surface area contributed by atoms with Crippen LogP contribution in [-0.4, -0.2) is 82.2 Å². The second-order valence-electron chi connectivity index (χ2n) is 8.08. The van der Waals surface area contributed by atoms with Crippen molar-refractivity contribution in [1.29, 1.82) is 0 Å². The highest BCUT2D eigenvalue weighted by Gasteiger charge is 2.33. The first-order valence-corrected chi connectivity index (χ1v) is 13.5. The van der Waals surface area contributed by atoms with Gasteiger partial charge in [0, 0.05) is 26.2 Å². The minimum absolute atomic E-state index is 0.0200. The third-order valence-electron chi connectivity index (χ3n) is 5.86. The number of amides is 1.